The third-order valence-corrected chi connectivity index (χ3v) is 18.9. The Bertz CT molecular complexity index is 5330. The quantitative estimate of drug-likeness (QED) is 0.0540. The van der Waals surface area contributed by atoms with Gasteiger partial charge < -0.3 is 9.80 Å². The molecule has 2 nitrogen and oxygen atoms in total. The van der Waals surface area contributed by atoms with E-state index in [1.165, 1.54) is 24.3 Å². The fourth-order valence-electron chi connectivity index (χ4n) is 13.7. The van der Waals surface area contributed by atoms with Gasteiger partial charge in [-0.1, -0.05) is 291 Å². The third-order valence-electron chi connectivity index (χ3n) is 18.9. The Kier molecular flexibility index (Phi) is 20.4. The van der Waals surface area contributed by atoms with Crippen LogP contribution in [-0.4, -0.2) is 0 Å². The summed E-state index contributed by atoms with van der Waals surface area (Å²) >= 11 is 0. The van der Waals surface area contributed by atoms with Crippen molar-refractivity contribution in [3.8, 4) is 45.9 Å². The maximum atomic E-state index is 14.0. The van der Waals surface area contributed by atoms with E-state index in [0.29, 0.717) is 33.4 Å². The molecule has 8 heteroatoms. The number of benzene rings is 15. The number of nitrogens with zero attached hydrogens (tertiary/aromatic N) is 2. The number of hydrogen-bond donors (Lipinski definition) is 0. The van der Waals surface area contributed by atoms with Gasteiger partial charge in [-0.15, -0.1) is 0 Å². The van der Waals surface area contributed by atoms with Crippen molar-refractivity contribution in [2.45, 2.75) is 12.4 Å². The van der Waals surface area contributed by atoms with Crippen molar-refractivity contribution in [2.75, 3.05) is 9.80 Å². The summed E-state index contributed by atoms with van der Waals surface area (Å²) in [6.07, 6.45) is -9.11. The van der Waals surface area contributed by atoms with Crippen molar-refractivity contribution >= 4 is 56.4 Å². The van der Waals surface area contributed by atoms with Gasteiger partial charge in [0.15, 0.2) is 0 Å². The molecule has 15 aromatic carbocycles. The van der Waals surface area contributed by atoms with E-state index in [1.54, 1.807) is 0 Å². The van der Waals surface area contributed by atoms with Gasteiger partial charge in [0.25, 0.3) is 0 Å². The molecule has 0 aromatic heterocycles. The predicted octanol–water partition coefficient (Wildman–Crippen LogP) is 26.8. The first-order valence-corrected chi connectivity index (χ1v) is 35.3. The summed E-state index contributed by atoms with van der Waals surface area (Å²) in [6, 6.07) is 130. The summed E-state index contributed by atoms with van der Waals surface area (Å²) in [5.41, 5.74) is 20.8. The van der Waals surface area contributed by atoms with Crippen LogP contribution in [0.4, 0.5) is 60.5 Å². The van der Waals surface area contributed by atoms with Crippen molar-refractivity contribution in [1.29, 1.82) is 0 Å². The van der Waals surface area contributed by atoms with Crippen LogP contribution < -0.4 is 9.80 Å². The van der Waals surface area contributed by atoms with E-state index in [1.807, 2.05) is 182 Å². The Morgan fingerprint density at radius 1 is 0.204 bits per heavy atom. The summed E-state index contributed by atoms with van der Waals surface area (Å²) < 4.78 is 84.1. The molecule has 0 saturated heterocycles. The Morgan fingerprint density at radius 3 is 0.639 bits per heavy atom. The SMILES string of the molecule is FC(F)(F)c1ccc(C#Cc2cc(-c3ccc(/C(=C(\c4ccccc4)c4ccc(N(c5ccccc5)c5ccccc5)cc4)c4ccccc4)cc3)c(C#Cc3ccc(C(F)(F)F)cc3)cc2-c2ccc(/C(=C(\c3ccccc3)c3ccc(N(c4ccccc4)c4ccccc4)cc3)c3ccccc3)cc2)cc1. The monoisotopic (exact) mass is 1410 g/mol. The molecule has 0 fully saturated rings. The van der Waals surface area contributed by atoms with Crippen LogP contribution in [-0.2, 0) is 12.4 Å². The molecule has 0 aliphatic carbocycles. The van der Waals surface area contributed by atoms with Crippen LogP contribution in [0.5, 0.6) is 0 Å². The minimum atomic E-state index is -4.55. The Balaban J connectivity index is 0.892. The highest BCUT2D eigenvalue weighted by Gasteiger charge is 2.31. The molecule has 0 radical (unpaired) electrons. The zero-order valence-corrected chi connectivity index (χ0v) is 58.3. The highest BCUT2D eigenvalue weighted by Crippen LogP contribution is 2.45. The fourth-order valence-corrected chi connectivity index (χ4v) is 13.7. The van der Waals surface area contributed by atoms with Crippen LogP contribution in [0.15, 0.2) is 400 Å². The summed E-state index contributed by atoms with van der Waals surface area (Å²) in [5, 5.41) is 0. The van der Waals surface area contributed by atoms with Crippen molar-refractivity contribution in [2.24, 2.45) is 0 Å². The number of halogens is 6. The van der Waals surface area contributed by atoms with E-state index in [-0.39, 0.29) is 0 Å². The second-order valence-corrected chi connectivity index (χ2v) is 25.8. The second kappa shape index (κ2) is 31.6. The van der Waals surface area contributed by atoms with Crippen LogP contribution in [0, 0.1) is 23.7 Å². The van der Waals surface area contributed by atoms with Crippen molar-refractivity contribution < 1.29 is 26.3 Å². The molecule has 108 heavy (non-hydrogen) atoms. The molecule has 0 N–H and O–H groups in total. The van der Waals surface area contributed by atoms with E-state index in [9.17, 15) is 26.3 Å². The molecule has 0 unspecified atom stereocenters. The lowest BCUT2D eigenvalue weighted by Crippen LogP contribution is -2.09. The summed E-state index contributed by atoms with van der Waals surface area (Å²) in [7, 11) is 0. The van der Waals surface area contributed by atoms with E-state index in [2.05, 4.69) is 203 Å². The van der Waals surface area contributed by atoms with Crippen molar-refractivity contribution in [3.05, 3.63) is 478 Å². The predicted molar refractivity (Wildman–Crippen MR) is 430 cm³/mol. The second-order valence-electron chi connectivity index (χ2n) is 25.8. The Labute approximate surface area is 625 Å². The highest BCUT2D eigenvalue weighted by molar-refractivity contribution is 6.06. The topological polar surface area (TPSA) is 6.48 Å². The first-order chi connectivity index (χ1) is 52.8. The zero-order chi connectivity index (χ0) is 73.8. The molecule has 0 aliphatic heterocycles. The zero-order valence-electron chi connectivity index (χ0n) is 58.3. The van der Waals surface area contributed by atoms with E-state index < -0.39 is 23.5 Å². The lowest BCUT2D eigenvalue weighted by atomic mass is 9.84. The molecule has 15 aromatic rings. The normalized spacial score (nSPS) is 11.8. The molecule has 518 valence electrons. The highest BCUT2D eigenvalue weighted by atomic mass is 19.4. The van der Waals surface area contributed by atoms with Gasteiger partial charge in [-0.3, -0.25) is 0 Å². The Morgan fingerprint density at radius 2 is 0.407 bits per heavy atom. The molecular formula is C100H66F6N2. The van der Waals surface area contributed by atoms with Gasteiger partial charge in [0.1, 0.15) is 0 Å². The minimum Gasteiger partial charge on any atom is -0.311 e. The van der Waals surface area contributed by atoms with Crippen LogP contribution in [0.3, 0.4) is 0 Å². The molecule has 0 spiro atoms. The molecule has 0 bridgehead atoms. The molecule has 0 amide bonds. The van der Waals surface area contributed by atoms with E-state index in [4.69, 9.17) is 0 Å². The molecule has 0 heterocycles. The lowest BCUT2D eigenvalue weighted by Gasteiger charge is -2.26. The van der Waals surface area contributed by atoms with Crippen LogP contribution in [0.25, 0.3) is 44.5 Å². The first kappa shape index (κ1) is 69.8. The fraction of sp³-hybridized carbons (Fsp3) is 0.0200. The number of alkyl halides is 6. The number of rotatable bonds is 16. The molecule has 0 saturated carbocycles. The van der Waals surface area contributed by atoms with Crippen LogP contribution in [0.2, 0.25) is 0 Å². The average molecular weight is 1410 g/mol. The standard InChI is InChI=1S/C100H66F6N2/c101-99(102,103)85-61-43-71(44-62-85)41-47-83-70-94(74-51-55-80(56-52-74)96(76-27-11-2-12-28-76)98(78-31-15-4-16-32-78)82-59-67-92(68-60-82)108(89-37-21-7-22-38-89)90-39-23-8-24-40-90)84(48-42-72-45-63-86(64-46-72)100(104,105)106)69-93(83)73-49-53-79(54-50-73)95(75-25-9-1-10-26-75)97(77-29-13-3-14-30-77)81-57-65-91(66-58-81)107(87-33-17-5-18-34-87)88-35-19-6-20-36-88/h1-40,43-46,49-70H/b97-95+,98-96+. The average Bonchev–Trinajstić information content (AvgIpc) is 0.773. The lowest BCUT2D eigenvalue weighted by molar-refractivity contribution is -0.138. The molecular weight excluding hydrogens is 1340 g/mol. The van der Waals surface area contributed by atoms with E-state index >= 15 is 0 Å². The summed E-state index contributed by atoms with van der Waals surface area (Å²) in [5.74, 6) is 13.2. The number of para-hydroxylation sites is 4. The van der Waals surface area contributed by atoms with Crippen LogP contribution >= 0.6 is 0 Å². The Hall–Kier alpha value is -13.9. The van der Waals surface area contributed by atoms with Gasteiger partial charge in [0.05, 0.1) is 11.1 Å². The van der Waals surface area contributed by atoms with Gasteiger partial charge in [-0.2, -0.15) is 26.3 Å². The maximum absolute atomic E-state index is 14.0. The van der Waals surface area contributed by atoms with Gasteiger partial charge in [0, 0.05) is 56.4 Å². The first-order valence-electron chi connectivity index (χ1n) is 35.3. The van der Waals surface area contributed by atoms with Gasteiger partial charge >= 0.3 is 12.4 Å². The molecule has 0 aliphatic rings. The minimum absolute atomic E-state index is 0.363. The van der Waals surface area contributed by atoms with Gasteiger partial charge in [0.2, 0.25) is 0 Å². The van der Waals surface area contributed by atoms with Gasteiger partial charge in [-0.05, 0) is 223 Å². The summed E-state index contributed by atoms with van der Waals surface area (Å²) in [6.45, 7) is 0. The smallest absolute Gasteiger partial charge is 0.311 e. The molecule has 15 rings (SSSR count). The maximum Gasteiger partial charge on any atom is 0.416 e. The van der Waals surface area contributed by atoms with E-state index in [0.717, 1.165) is 136 Å². The summed E-state index contributed by atoms with van der Waals surface area (Å²) in [4.78, 5) is 4.47. The third kappa shape index (κ3) is 15.8. The molecule has 0 atom stereocenters. The van der Waals surface area contributed by atoms with Gasteiger partial charge in [-0.25, -0.2) is 0 Å². The number of anilines is 6. The largest absolute Gasteiger partial charge is 0.416 e. The number of hydrogen-bond acceptors (Lipinski definition) is 2. The van der Waals surface area contributed by atoms with Crippen molar-refractivity contribution in [1.82, 2.24) is 0 Å². The van der Waals surface area contributed by atoms with Crippen LogP contribution in [0.1, 0.15) is 77.9 Å². The van der Waals surface area contributed by atoms with Crippen molar-refractivity contribution in [3.63, 3.8) is 0 Å².